The average molecular weight is 517 g/mol. The molecule has 0 fully saturated rings. The Morgan fingerprint density at radius 2 is 0.949 bits per heavy atom. The zero-order valence-corrected chi connectivity index (χ0v) is 20.8. The molecule has 6 rings (SSSR count). The highest BCUT2D eigenvalue weighted by molar-refractivity contribution is 6.06. The molecule has 0 aliphatic rings. The van der Waals surface area contributed by atoms with E-state index in [-0.39, 0.29) is 36.2 Å². The predicted octanol–water partition coefficient (Wildman–Crippen LogP) is 6.25. The third kappa shape index (κ3) is 4.75. The van der Waals surface area contributed by atoms with Gasteiger partial charge in [0.2, 0.25) is 11.8 Å². The van der Waals surface area contributed by atoms with Gasteiger partial charge in [-0.05, 0) is 42.8 Å². The van der Waals surface area contributed by atoms with Crippen LogP contribution in [0.1, 0.15) is 19.3 Å². The first-order chi connectivity index (χ1) is 19.0. The number of fused-ring (bicyclic) bond motifs is 4. The lowest BCUT2D eigenvalue weighted by Crippen LogP contribution is -2.15. The van der Waals surface area contributed by atoms with Crippen LogP contribution in [0.2, 0.25) is 0 Å². The highest BCUT2D eigenvalue weighted by atomic mass is 16.3. The molecule has 8 nitrogen and oxygen atoms in total. The summed E-state index contributed by atoms with van der Waals surface area (Å²) in [5.74, 6) is -0.313. The Morgan fingerprint density at radius 1 is 0.564 bits per heavy atom. The van der Waals surface area contributed by atoms with Gasteiger partial charge in [-0.2, -0.15) is 0 Å². The van der Waals surface area contributed by atoms with Crippen molar-refractivity contribution in [3.63, 3.8) is 0 Å². The van der Waals surface area contributed by atoms with Gasteiger partial charge >= 0.3 is 0 Å². The first-order valence-corrected chi connectivity index (χ1v) is 12.6. The summed E-state index contributed by atoms with van der Waals surface area (Å²) in [4.78, 5) is 34.6. The van der Waals surface area contributed by atoms with E-state index < -0.39 is 0 Å². The van der Waals surface area contributed by atoms with Gasteiger partial charge in [-0.3, -0.25) is 9.59 Å². The van der Waals surface area contributed by atoms with E-state index in [1.807, 2.05) is 48.5 Å². The fraction of sp³-hybridized carbons (Fsp3) is 0.0968. The van der Waals surface area contributed by atoms with Crippen LogP contribution in [0.15, 0.2) is 84.9 Å². The molecule has 0 saturated heterocycles. The number of hydrogen-bond acceptors (Lipinski definition) is 6. The molecule has 0 unspecified atom stereocenters. The van der Waals surface area contributed by atoms with Crippen molar-refractivity contribution in [3.8, 4) is 11.5 Å². The SMILES string of the molecule is O=C(CCCC(=O)Nc1cccc2cc3cccc(O)c3nc12)Nc1cccc2cc3cccc(O)c3nc12. The summed E-state index contributed by atoms with van der Waals surface area (Å²) < 4.78 is 0. The van der Waals surface area contributed by atoms with Gasteiger partial charge in [-0.1, -0.05) is 48.5 Å². The minimum atomic E-state index is -0.233. The number of rotatable bonds is 6. The Bertz CT molecular complexity index is 1780. The molecule has 0 radical (unpaired) electrons. The average Bonchev–Trinajstić information content (AvgIpc) is 2.92. The molecule has 2 amide bonds. The number of hydrogen-bond donors (Lipinski definition) is 4. The van der Waals surface area contributed by atoms with E-state index in [0.29, 0.717) is 39.9 Å². The number of nitrogens with zero attached hydrogens (tertiary/aromatic N) is 2. The Hall–Kier alpha value is -5.24. The summed E-state index contributed by atoms with van der Waals surface area (Å²) >= 11 is 0. The third-order valence-electron chi connectivity index (χ3n) is 6.65. The largest absolute Gasteiger partial charge is 0.506 e. The van der Waals surface area contributed by atoms with Crippen LogP contribution in [0.4, 0.5) is 11.4 Å². The fourth-order valence-electron chi connectivity index (χ4n) is 4.77. The number of phenols is 2. The number of carbonyl (C=O) groups is 2. The number of para-hydroxylation sites is 4. The molecule has 0 aliphatic carbocycles. The predicted molar refractivity (Wildman–Crippen MR) is 153 cm³/mol. The molecular formula is C31H24N4O4. The lowest BCUT2D eigenvalue weighted by Gasteiger charge is -2.11. The molecule has 0 atom stereocenters. The first-order valence-electron chi connectivity index (χ1n) is 12.6. The summed E-state index contributed by atoms with van der Waals surface area (Å²) in [7, 11) is 0. The van der Waals surface area contributed by atoms with Crippen LogP contribution in [0.25, 0.3) is 43.6 Å². The van der Waals surface area contributed by atoms with Crippen molar-refractivity contribution in [2.45, 2.75) is 19.3 Å². The second-order valence-corrected chi connectivity index (χ2v) is 9.38. The van der Waals surface area contributed by atoms with Crippen molar-refractivity contribution >= 4 is 66.8 Å². The van der Waals surface area contributed by atoms with Crippen LogP contribution in [-0.4, -0.2) is 32.0 Å². The zero-order valence-electron chi connectivity index (χ0n) is 20.8. The van der Waals surface area contributed by atoms with E-state index in [1.54, 1.807) is 36.4 Å². The highest BCUT2D eigenvalue weighted by Gasteiger charge is 2.13. The maximum atomic E-state index is 12.7. The van der Waals surface area contributed by atoms with Gasteiger partial charge in [-0.15, -0.1) is 0 Å². The van der Waals surface area contributed by atoms with E-state index in [9.17, 15) is 19.8 Å². The normalized spacial score (nSPS) is 11.3. The summed E-state index contributed by atoms with van der Waals surface area (Å²) in [5.41, 5.74) is 3.19. The number of nitrogens with one attached hydrogen (secondary N) is 2. The molecule has 0 saturated carbocycles. The summed E-state index contributed by atoms with van der Waals surface area (Å²) in [6.45, 7) is 0. The molecule has 2 heterocycles. The number of carbonyl (C=O) groups excluding carboxylic acids is 2. The summed E-state index contributed by atoms with van der Waals surface area (Å²) in [6.07, 6.45) is 0.644. The van der Waals surface area contributed by atoms with Gasteiger partial charge in [-0.25, -0.2) is 9.97 Å². The van der Waals surface area contributed by atoms with Crippen LogP contribution in [0.3, 0.4) is 0 Å². The molecule has 0 aliphatic heterocycles. The number of anilines is 2. The number of phenolic OH excluding ortho intramolecular Hbond substituents is 2. The maximum Gasteiger partial charge on any atom is 0.224 e. The molecule has 192 valence electrons. The first kappa shape index (κ1) is 24.1. The molecule has 8 heteroatoms. The number of pyridine rings is 2. The lowest BCUT2D eigenvalue weighted by atomic mass is 10.1. The van der Waals surface area contributed by atoms with Crippen LogP contribution in [0, 0.1) is 0 Å². The summed E-state index contributed by atoms with van der Waals surface area (Å²) in [6, 6.07) is 25.3. The fourth-order valence-corrected chi connectivity index (χ4v) is 4.77. The van der Waals surface area contributed by atoms with E-state index >= 15 is 0 Å². The minimum Gasteiger partial charge on any atom is -0.506 e. The van der Waals surface area contributed by atoms with Crippen LogP contribution < -0.4 is 10.6 Å². The topological polar surface area (TPSA) is 124 Å². The lowest BCUT2D eigenvalue weighted by molar-refractivity contribution is -0.117. The molecular weight excluding hydrogens is 492 g/mol. The number of aromatic nitrogens is 2. The van der Waals surface area contributed by atoms with Crippen molar-refractivity contribution in [1.29, 1.82) is 0 Å². The Balaban J connectivity index is 1.12. The second-order valence-electron chi connectivity index (χ2n) is 9.38. The van der Waals surface area contributed by atoms with Gasteiger partial charge in [0.15, 0.2) is 0 Å². The van der Waals surface area contributed by atoms with Gasteiger partial charge in [0.05, 0.1) is 22.4 Å². The monoisotopic (exact) mass is 516 g/mol. The molecule has 0 spiro atoms. The van der Waals surface area contributed by atoms with Crippen LogP contribution in [0.5, 0.6) is 11.5 Å². The van der Waals surface area contributed by atoms with E-state index in [4.69, 9.17) is 0 Å². The molecule has 4 N–H and O–H groups in total. The Morgan fingerprint density at radius 3 is 1.38 bits per heavy atom. The molecule has 6 aromatic rings. The number of aromatic hydroxyl groups is 2. The van der Waals surface area contributed by atoms with E-state index in [0.717, 1.165) is 21.5 Å². The van der Waals surface area contributed by atoms with Crippen molar-refractivity contribution in [3.05, 3.63) is 84.9 Å². The summed E-state index contributed by atoms with van der Waals surface area (Å²) in [5, 5.41) is 29.5. The highest BCUT2D eigenvalue weighted by Crippen LogP contribution is 2.31. The van der Waals surface area contributed by atoms with Crippen molar-refractivity contribution in [2.24, 2.45) is 0 Å². The molecule has 0 bridgehead atoms. The van der Waals surface area contributed by atoms with Crippen LogP contribution in [-0.2, 0) is 9.59 Å². The standard InChI is InChI=1S/C31H24N4O4/c36-24-12-3-8-20-16-18-6-1-10-22(28(18)34-30(20)24)32-26(38)14-5-15-27(39)33-23-11-2-7-19-17-21-9-4-13-25(37)31(21)35-29(19)23/h1-4,6-13,16-17,36-37H,5,14-15H2,(H,32,38)(H,33,39). The second kappa shape index (κ2) is 9.90. The zero-order chi connectivity index (χ0) is 26.9. The Labute approximate surface area is 222 Å². The molecule has 2 aromatic heterocycles. The quantitative estimate of drug-likeness (QED) is 0.194. The van der Waals surface area contributed by atoms with E-state index in [1.165, 1.54) is 0 Å². The third-order valence-corrected chi connectivity index (χ3v) is 6.65. The van der Waals surface area contributed by atoms with Crippen molar-refractivity contribution in [2.75, 3.05) is 10.6 Å². The number of benzene rings is 4. The maximum absolute atomic E-state index is 12.7. The smallest absolute Gasteiger partial charge is 0.224 e. The number of amides is 2. The van der Waals surface area contributed by atoms with Gasteiger partial charge in [0.25, 0.3) is 0 Å². The van der Waals surface area contributed by atoms with Crippen molar-refractivity contribution < 1.29 is 19.8 Å². The van der Waals surface area contributed by atoms with Gasteiger partial charge in [0, 0.05) is 34.4 Å². The molecule has 4 aromatic carbocycles. The Kier molecular flexibility index (Phi) is 6.13. The molecule has 39 heavy (non-hydrogen) atoms. The van der Waals surface area contributed by atoms with E-state index in [2.05, 4.69) is 20.6 Å². The van der Waals surface area contributed by atoms with Gasteiger partial charge < -0.3 is 20.8 Å². The minimum absolute atomic E-state index is 0.0768. The van der Waals surface area contributed by atoms with Crippen molar-refractivity contribution in [1.82, 2.24) is 9.97 Å². The van der Waals surface area contributed by atoms with Gasteiger partial charge in [0.1, 0.15) is 22.5 Å². The van der Waals surface area contributed by atoms with Crippen LogP contribution >= 0.6 is 0 Å².